The second-order valence-electron chi connectivity index (χ2n) is 6.36. The summed E-state index contributed by atoms with van der Waals surface area (Å²) in [5, 5.41) is 17.1. The van der Waals surface area contributed by atoms with Gasteiger partial charge in [-0.25, -0.2) is 4.98 Å². The molecule has 2 heterocycles. The highest BCUT2D eigenvalue weighted by Crippen LogP contribution is 2.31. The van der Waals surface area contributed by atoms with Crippen LogP contribution in [-0.2, 0) is 0 Å². The number of nitrogens with one attached hydrogen (secondary N) is 1. The van der Waals surface area contributed by atoms with E-state index in [9.17, 15) is 5.11 Å². The number of aliphatic hydroxyl groups excluding tert-OH is 1. The Labute approximate surface area is 134 Å². The van der Waals surface area contributed by atoms with Crippen molar-refractivity contribution in [1.82, 2.24) is 15.2 Å². The summed E-state index contributed by atoms with van der Waals surface area (Å²) in [6.07, 6.45) is 1.71. The first-order valence-electron chi connectivity index (χ1n) is 7.42. The van der Waals surface area contributed by atoms with E-state index in [1.807, 2.05) is 38.1 Å². The van der Waals surface area contributed by atoms with Crippen molar-refractivity contribution in [3.8, 4) is 17.0 Å². The Morgan fingerprint density at radius 3 is 2.78 bits per heavy atom. The predicted molar refractivity (Wildman–Crippen MR) is 90.1 cm³/mol. The first-order valence-corrected chi connectivity index (χ1v) is 7.42. The summed E-state index contributed by atoms with van der Waals surface area (Å²) in [6, 6.07) is 9.50. The molecule has 0 saturated heterocycles. The molecule has 3 rings (SSSR count). The van der Waals surface area contributed by atoms with Crippen molar-refractivity contribution in [1.29, 1.82) is 0 Å². The Hall–Kier alpha value is -2.60. The number of hydrogen-bond donors (Lipinski definition) is 3. The van der Waals surface area contributed by atoms with Gasteiger partial charge in [-0.05, 0) is 18.2 Å². The van der Waals surface area contributed by atoms with Crippen LogP contribution in [0.25, 0.3) is 22.2 Å². The molecular formula is C17H20N4O2. The Morgan fingerprint density at radius 2 is 2.09 bits per heavy atom. The Kier molecular flexibility index (Phi) is 3.92. The number of aromatic amines is 1. The lowest BCUT2D eigenvalue weighted by atomic mass is 9.96. The molecule has 0 aliphatic carbocycles. The highest BCUT2D eigenvalue weighted by molar-refractivity contribution is 5.89. The van der Waals surface area contributed by atoms with Crippen LogP contribution < -0.4 is 10.5 Å². The van der Waals surface area contributed by atoms with Gasteiger partial charge in [-0.3, -0.25) is 5.10 Å². The first-order chi connectivity index (χ1) is 11.0. The molecule has 0 amide bonds. The van der Waals surface area contributed by atoms with Gasteiger partial charge in [-0.2, -0.15) is 5.10 Å². The maximum Gasteiger partial charge on any atom is 0.132 e. The number of nitrogens with zero attached hydrogens (tertiary/aromatic N) is 2. The Morgan fingerprint density at radius 1 is 1.26 bits per heavy atom. The molecule has 6 nitrogen and oxygen atoms in total. The fourth-order valence-corrected chi connectivity index (χ4v) is 2.24. The normalized spacial score (nSPS) is 11.8. The standard InChI is InChI=1S/C17H20N4O2/c1-17(2,9-22)10-23-15-8-16(18)20-14-7-11(3-4-12(14)15)13-5-6-19-21-13/h3-8,22H,9-10H2,1-2H3,(H2,18,20)(H,19,21). The van der Waals surface area contributed by atoms with Crippen molar-refractivity contribution in [3.63, 3.8) is 0 Å². The van der Waals surface area contributed by atoms with Crippen LogP contribution in [0.2, 0.25) is 0 Å². The van der Waals surface area contributed by atoms with Crippen LogP contribution >= 0.6 is 0 Å². The van der Waals surface area contributed by atoms with E-state index >= 15 is 0 Å². The summed E-state index contributed by atoms with van der Waals surface area (Å²) in [6.45, 7) is 4.33. The minimum atomic E-state index is -0.319. The number of aromatic nitrogens is 3. The smallest absolute Gasteiger partial charge is 0.132 e. The zero-order valence-electron chi connectivity index (χ0n) is 13.2. The summed E-state index contributed by atoms with van der Waals surface area (Å²) >= 11 is 0. The molecule has 3 aromatic rings. The van der Waals surface area contributed by atoms with Crippen molar-refractivity contribution < 1.29 is 9.84 Å². The van der Waals surface area contributed by atoms with Crippen LogP contribution in [0.3, 0.4) is 0 Å². The minimum Gasteiger partial charge on any atom is -0.492 e. The largest absolute Gasteiger partial charge is 0.492 e. The van der Waals surface area contributed by atoms with Crippen LogP contribution in [0, 0.1) is 5.41 Å². The number of H-pyrrole nitrogens is 1. The van der Waals surface area contributed by atoms with Crippen molar-refractivity contribution in [2.45, 2.75) is 13.8 Å². The van der Waals surface area contributed by atoms with E-state index in [-0.39, 0.29) is 12.0 Å². The topological polar surface area (TPSA) is 97.1 Å². The number of hydrogen-bond acceptors (Lipinski definition) is 5. The third-order valence-electron chi connectivity index (χ3n) is 3.65. The number of fused-ring (bicyclic) bond motifs is 1. The minimum absolute atomic E-state index is 0.0511. The molecule has 0 unspecified atom stereocenters. The zero-order valence-corrected chi connectivity index (χ0v) is 13.2. The average Bonchev–Trinajstić information content (AvgIpc) is 3.06. The SMILES string of the molecule is CC(C)(CO)COc1cc(N)nc2cc(-c3ccn[nH]3)ccc12. The second-order valence-corrected chi connectivity index (χ2v) is 6.36. The van der Waals surface area contributed by atoms with Gasteiger partial charge in [-0.15, -0.1) is 0 Å². The highest BCUT2D eigenvalue weighted by Gasteiger charge is 2.18. The van der Waals surface area contributed by atoms with Gasteiger partial charge in [0, 0.05) is 28.6 Å². The van der Waals surface area contributed by atoms with Crippen molar-refractivity contribution in [3.05, 3.63) is 36.5 Å². The van der Waals surface area contributed by atoms with Gasteiger partial charge in [0.15, 0.2) is 0 Å². The Balaban J connectivity index is 1.99. The molecule has 4 N–H and O–H groups in total. The van der Waals surface area contributed by atoms with Gasteiger partial charge in [0.05, 0.1) is 24.4 Å². The number of benzene rings is 1. The van der Waals surface area contributed by atoms with Gasteiger partial charge >= 0.3 is 0 Å². The molecule has 1 aromatic carbocycles. The summed E-state index contributed by atoms with van der Waals surface area (Å²) < 4.78 is 5.89. The van der Waals surface area contributed by atoms with Crippen LogP contribution in [0.4, 0.5) is 5.82 Å². The molecular weight excluding hydrogens is 292 g/mol. The fourth-order valence-electron chi connectivity index (χ4n) is 2.24. The predicted octanol–water partition coefficient (Wildman–Crippen LogP) is 2.60. The van der Waals surface area contributed by atoms with Crippen LogP contribution in [0.15, 0.2) is 36.5 Å². The summed E-state index contributed by atoms with van der Waals surface area (Å²) in [5.41, 5.74) is 8.24. The number of aliphatic hydroxyl groups is 1. The summed E-state index contributed by atoms with van der Waals surface area (Å²) in [7, 11) is 0. The number of nitrogens with two attached hydrogens (primary N) is 1. The fraction of sp³-hybridized carbons (Fsp3) is 0.294. The second kappa shape index (κ2) is 5.89. The number of rotatable bonds is 5. The maximum atomic E-state index is 9.36. The molecule has 0 bridgehead atoms. The van der Waals surface area contributed by atoms with Gasteiger partial charge in [0.25, 0.3) is 0 Å². The zero-order chi connectivity index (χ0) is 16.4. The van der Waals surface area contributed by atoms with E-state index < -0.39 is 0 Å². The van der Waals surface area contributed by atoms with Crippen molar-refractivity contribution in [2.75, 3.05) is 18.9 Å². The van der Waals surface area contributed by atoms with Crippen molar-refractivity contribution >= 4 is 16.7 Å². The van der Waals surface area contributed by atoms with Gasteiger partial charge in [-0.1, -0.05) is 19.9 Å². The third-order valence-corrected chi connectivity index (χ3v) is 3.65. The monoisotopic (exact) mass is 312 g/mol. The Bertz CT molecular complexity index is 813. The summed E-state index contributed by atoms with van der Waals surface area (Å²) in [5.74, 6) is 1.07. The highest BCUT2D eigenvalue weighted by atomic mass is 16.5. The molecule has 120 valence electrons. The van der Waals surface area contributed by atoms with Crippen LogP contribution in [0.5, 0.6) is 5.75 Å². The molecule has 0 fully saturated rings. The molecule has 0 radical (unpaired) electrons. The van der Waals surface area contributed by atoms with Crippen LogP contribution in [-0.4, -0.2) is 33.5 Å². The lowest BCUT2D eigenvalue weighted by molar-refractivity contribution is 0.0983. The lowest BCUT2D eigenvalue weighted by Gasteiger charge is -2.22. The quantitative estimate of drug-likeness (QED) is 0.673. The van der Waals surface area contributed by atoms with E-state index in [4.69, 9.17) is 10.5 Å². The third kappa shape index (κ3) is 3.27. The number of nitrogen functional groups attached to an aromatic ring is 1. The number of ether oxygens (including phenoxy) is 1. The molecule has 23 heavy (non-hydrogen) atoms. The molecule has 0 saturated carbocycles. The molecule has 6 heteroatoms. The number of anilines is 1. The molecule has 0 aliphatic heterocycles. The molecule has 0 spiro atoms. The molecule has 0 aliphatic rings. The van der Waals surface area contributed by atoms with E-state index in [1.165, 1.54) is 0 Å². The lowest BCUT2D eigenvalue weighted by Crippen LogP contribution is -2.25. The van der Waals surface area contributed by atoms with Gasteiger partial charge in [0.1, 0.15) is 11.6 Å². The van der Waals surface area contributed by atoms with E-state index in [0.717, 1.165) is 22.2 Å². The van der Waals surface area contributed by atoms with Crippen LogP contribution in [0.1, 0.15) is 13.8 Å². The van der Waals surface area contributed by atoms with E-state index in [1.54, 1.807) is 12.3 Å². The van der Waals surface area contributed by atoms with Gasteiger partial charge < -0.3 is 15.6 Å². The maximum absolute atomic E-state index is 9.36. The van der Waals surface area contributed by atoms with E-state index in [0.29, 0.717) is 18.2 Å². The van der Waals surface area contributed by atoms with E-state index in [2.05, 4.69) is 15.2 Å². The number of pyridine rings is 1. The van der Waals surface area contributed by atoms with Gasteiger partial charge in [0.2, 0.25) is 0 Å². The van der Waals surface area contributed by atoms with Crippen molar-refractivity contribution in [2.24, 2.45) is 5.41 Å². The average molecular weight is 312 g/mol. The molecule has 2 aromatic heterocycles. The molecule has 0 atom stereocenters. The summed E-state index contributed by atoms with van der Waals surface area (Å²) in [4.78, 5) is 4.39. The first kappa shape index (κ1) is 15.3.